The Morgan fingerprint density at radius 1 is 1.29 bits per heavy atom. The number of carbonyl (C=O) groups is 1. The van der Waals surface area contributed by atoms with Gasteiger partial charge < -0.3 is 14.9 Å². The molecule has 1 fully saturated rings. The molecule has 21 heavy (non-hydrogen) atoms. The third-order valence-electron chi connectivity index (χ3n) is 4.28. The number of hydrogen-bond acceptors (Lipinski definition) is 4. The average Bonchev–Trinajstić information content (AvgIpc) is 2.44. The lowest BCUT2D eigenvalue weighted by Gasteiger charge is -2.23. The first kappa shape index (κ1) is 15.7. The van der Waals surface area contributed by atoms with Crippen LogP contribution in [0.2, 0.25) is 0 Å². The van der Waals surface area contributed by atoms with Gasteiger partial charge in [0.2, 0.25) is 0 Å². The van der Waals surface area contributed by atoms with Gasteiger partial charge in [0.15, 0.2) is 0 Å². The predicted octanol–water partition coefficient (Wildman–Crippen LogP) is 3.71. The molecule has 0 amide bonds. The zero-order chi connectivity index (χ0) is 15.4. The van der Waals surface area contributed by atoms with Crippen molar-refractivity contribution in [1.82, 2.24) is 0 Å². The summed E-state index contributed by atoms with van der Waals surface area (Å²) >= 11 is 0. The van der Waals surface area contributed by atoms with Crippen LogP contribution in [0.4, 0.5) is 0 Å². The Morgan fingerprint density at radius 2 is 1.95 bits per heavy atom. The van der Waals surface area contributed by atoms with Crippen LogP contribution in [0.5, 0.6) is 11.5 Å². The molecular weight excluding hydrogens is 268 g/mol. The van der Waals surface area contributed by atoms with Gasteiger partial charge in [0, 0.05) is 5.56 Å². The molecule has 0 aromatic heterocycles. The van der Waals surface area contributed by atoms with Gasteiger partial charge in [-0.25, -0.2) is 4.79 Å². The lowest BCUT2D eigenvalue weighted by molar-refractivity contribution is 0.0522. The van der Waals surface area contributed by atoms with E-state index in [2.05, 4.69) is 0 Å². The molecular formula is C17H24O4. The lowest BCUT2D eigenvalue weighted by Crippen LogP contribution is -2.12. The van der Waals surface area contributed by atoms with Crippen LogP contribution in [-0.2, 0) is 11.2 Å². The van der Waals surface area contributed by atoms with E-state index in [4.69, 9.17) is 4.74 Å². The molecule has 0 radical (unpaired) electrons. The average molecular weight is 292 g/mol. The molecule has 0 heterocycles. The van der Waals surface area contributed by atoms with Crippen molar-refractivity contribution in [2.75, 3.05) is 6.61 Å². The smallest absolute Gasteiger partial charge is 0.342 e. The van der Waals surface area contributed by atoms with Gasteiger partial charge in [-0.1, -0.05) is 32.1 Å². The monoisotopic (exact) mass is 292 g/mol. The summed E-state index contributed by atoms with van der Waals surface area (Å²) in [5.41, 5.74) is 1.20. The Labute approximate surface area is 125 Å². The number of carbonyl (C=O) groups excluding carboxylic acids is 1. The van der Waals surface area contributed by atoms with Crippen LogP contribution >= 0.6 is 0 Å². The van der Waals surface area contributed by atoms with Gasteiger partial charge in [-0.05, 0) is 37.8 Å². The zero-order valence-corrected chi connectivity index (χ0v) is 12.8. The molecule has 1 aromatic rings. The summed E-state index contributed by atoms with van der Waals surface area (Å²) in [6.45, 7) is 3.68. The van der Waals surface area contributed by atoms with Crippen molar-refractivity contribution in [1.29, 1.82) is 0 Å². The maximum absolute atomic E-state index is 12.0. The van der Waals surface area contributed by atoms with Gasteiger partial charge in [-0.15, -0.1) is 0 Å². The van der Waals surface area contributed by atoms with Crippen molar-refractivity contribution in [3.8, 4) is 11.5 Å². The molecule has 0 unspecified atom stereocenters. The molecule has 0 spiro atoms. The molecule has 4 nitrogen and oxygen atoms in total. The largest absolute Gasteiger partial charge is 0.508 e. The summed E-state index contributed by atoms with van der Waals surface area (Å²) in [5.74, 6) is -0.106. The van der Waals surface area contributed by atoms with Crippen LogP contribution < -0.4 is 0 Å². The fourth-order valence-electron chi connectivity index (χ4n) is 3.17. The van der Waals surface area contributed by atoms with Gasteiger partial charge in [0.1, 0.15) is 17.1 Å². The first-order valence-electron chi connectivity index (χ1n) is 7.76. The van der Waals surface area contributed by atoms with Gasteiger partial charge in [0.05, 0.1) is 6.61 Å². The molecule has 1 aliphatic rings. The fraction of sp³-hybridized carbons (Fsp3) is 0.588. The van der Waals surface area contributed by atoms with Crippen molar-refractivity contribution < 1.29 is 19.7 Å². The molecule has 4 heteroatoms. The topological polar surface area (TPSA) is 66.8 Å². The molecule has 116 valence electrons. The second-order valence-electron chi connectivity index (χ2n) is 5.84. The predicted molar refractivity (Wildman–Crippen MR) is 80.7 cm³/mol. The number of aromatic hydroxyl groups is 2. The van der Waals surface area contributed by atoms with Gasteiger partial charge in [-0.3, -0.25) is 0 Å². The number of rotatable bonds is 4. The highest BCUT2D eigenvalue weighted by Crippen LogP contribution is 2.38. The van der Waals surface area contributed by atoms with Gasteiger partial charge in [0.25, 0.3) is 0 Å². The normalized spacial score (nSPS) is 15.9. The quantitative estimate of drug-likeness (QED) is 0.830. The lowest BCUT2D eigenvalue weighted by atomic mass is 9.83. The highest BCUT2D eigenvalue weighted by molar-refractivity contribution is 5.95. The number of phenolic OH excluding ortho intramolecular Hbond substituents is 2. The van der Waals surface area contributed by atoms with Crippen molar-refractivity contribution in [3.63, 3.8) is 0 Å². The summed E-state index contributed by atoms with van der Waals surface area (Å²) in [5, 5.41) is 20.5. The van der Waals surface area contributed by atoms with E-state index in [-0.39, 0.29) is 23.7 Å². The zero-order valence-electron chi connectivity index (χ0n) is 12.8. The maximum Gasteiger partial charge on any atom is 0.342 e. The van der Waals surface area contributed by atoms with Gasteiger partial charge in [-0.2, -0.15) is 0 Å². The Hall–Kier alpha value is -1.71. The summed E-state index contributed by atoms with van der Waals surface area (Å²) < 4.78 is 4.99. The molecule has 1 saturated carbocycles. The first-order valence-corrected chi connectivity index (χ1v) is 7.76. The molecule has 1 aromatic carbocycles. The summed E-state index contributed by atoms with van der Waals surface area (Å²) in [7, 11) is 0. The Balaban J connectivity index is 2.31. The van der Waals surface area contributed by atoms with E-state index in [9.17, 15) is 15.0 Å². The molecule has 0 aliphatic heterocycles. The Kier molecular flexibility index (Phi) is 5.10. The number of hydrogen-bond donors (Lipinski definition) is 2. The molecule has 0 bridgehead atoms. The number of esters is 1. The van der Waals surface area contributed by atoms with Crippen molar-refractivity contribution in [2.24, 2.45) is 5.92 Å². The third-order valence-corrected chi connectivity index (χ3v) is 4.28. The van der Waals surface area contributed by atoms with Crippen LogP contribution in [0.3, 0.4) is 0 Å². The van der Waals surface area contributed by atoms with E-state index in [1.54, 1.807) is 19.9 Å². The van der Waals surface area contributed by atoms with E-state index in [1.165, 1.54) is 19.3 Å². The Morgan fingerprint density at radius 3 is 2.57 bits per heavy atom. The standard InChI is InChI=1S/C17H24O4/c1-3-21-17(20)15-11(2)9-14(18)13(16(15)19)10-12-7-5-4-6-8-12/h9,12,18-19H,3-8,10H2,1-2H3. The molecule has 0 saturated heterocycles. The fourth-order valence-corrected chi connectivity index (χ4v) is 3.17. The van der Waals surface area contributed by atoms with Crippen molar-refractivity contribution in [3.05, 3.63) is 22.8 Å². The van der Waals surface area contributed by atoms with E-state index in [0.717, 1.165) is 12.8 Å². The minimum absolute atomic E-state index is 0.0728. The van der Waals surface area contributed by atoms with Crippen LogP contribution in [0, 0.1) is 12.8 Å². The molecule has 2 rings (SSSR count). The third kappa shape index (κ3) is 3.49. The molecule has 2 N–H and O–H groups in total. The van der Waals surface area contributed by atoms with Crippen LogP contribution in [0.1, 0.15) is 60.5 Å². The van der Waals surface area contributed by atoms with Crippen LogP contribution in [-0.4, -0.2) is 22.8 Å². The minimum Gasteiger partial charge on any atom is -0.508 e. The highest BCUT2D eigenvalue weighted by Gasteiger charge is 2.24. The van der Waals surface area contributed by atoms with Crippen molar-refractivity contribution in [2.45, 2.75) is 52.4 Å². The molecule has 0 atom stereocenters. The Bertz CT molecular complexity index is 516. The maximum atomic E-state index is 12.0. The van der Waals surface area contributed by atoms with E-state index >= 15 is 0 Å². The van der Waals surface area contributed by atoms with Crippen molar-refractivity contribution >= 4 is 5.97 Å². The number of aryl methyl sites for hydroxylation is 1. The van der Waals surface area contributed by atoms with E-state index in [0.29, 0.717) is 23.5 Å². The minimum atomic E-state index is -0.530. The summed E-state index contributed by atoms with van der Waals surface area (Å²) in [4.78, 5) is 12.0. The second-order valence-corrected chi connectivity index (χ2v) is 5.84. The number of ether oxygens (including phenoxy) is 1. The van der Waals surface area contributed by atoms with Crippen LogP contribution in [0.25, 0.3) is 0 Å². The molecule has 1 aliphatic carbocycles. The number of phenols is 2. The van der Waals surface area contributed by atoms with E-state index in [1.807, 2.05) is 0 Å². The second kappa shape index (κ2) is 6.83. The van der Waals surface area contributed by atoms with Gasteiger partial charge >= 0.3 is 5.97 Å². The van der Waals surface area contributed by atoms with Crippen LogP contribution in [0.15, 0.2) is 6.07 Å². The highest BCUT2D eigenvalue weighted by atomic mass is 16.5. The van der Waals surface area contributed by atoms with E-state index < -0.39 is 5.97 Å². The first-order chi connectivity index (χ1) is 10.0. The summed E-state index contributed by atoms with van der Waals surface area (Å²) in [6, 6.07) is 1.55. The number of benzene rings is 1. The summed E-state index contributed by atoms with van der Waals surface area (Å²) in [6.07, 6.45) is 6.50. The SMILES string of the molecule is CCOC(=O)c1c(C)cc(O)c(CC2CCCCC2)c1O.